The lowest BCUT2D eigenvalue weighted by Crippen LogP contribution is -2.39. The zero-order valence-corrected chi connectivity index (χ0v) is 17.1. The van der Waals surface area contributed by atoms with Gasteiger partial charge in [0, 0.05) is 31.3 Å². The van der Waals surface area contributed by atoms with E-state index in [1.807, 2.05) is 23.1 Å². The van der Waals surface area contributed by atoms with Crippen LogP contribution in [0.25, 0.3) is 6.08 Å². The average molecular weight is 363 g/mol. The van der Waals surface area contributed by atoms with E-state index in [4.69, 9.17) is 9.47 Å². The van der Waals surface area contributed by atoms with Gasteiger partial charge in [-0.15, -0.1) is 0 Å². The molecule has 0 bridgehead atoms. The topological polar surface area (TPSA) is 42.0 Å². The van der Waals surface area contributed by atoms with Crippen LogP contribution in [-0.4, -0.2) is 62.7 Å². The molecule has 0 fully saturated rings. The van der Waals surface area contributed by atoms with Gasteiger partial charge in [0.05, 0.1) is 14.2 Å². The fraction of sp³-hybridized carbons (Fsp3) is 0.571. The summed E-state index contributed by atoms with van der Waals surface area (Å²) in [5, 5.41) is 0. The van der Waals surface area contributed by atoms with Gasteiger partial charge in [0.1, 0.15) is 11.5 Å². The Morgan fingerprint density at radius 3 is 2.35 bits per heavy atom. The number of amides is 1. The lowest BCUT2D eigenvalue weighted by Gasteiger charge is -2.27. The van der Waals surface area contributed by atoms with E-state index in [2.05, 4.69) is 32.6 Å². The molecule has 0 aromatic heterocycles. The highest BCUT2D eigenvalue weighted by molar-refractivity contribution is 5.92. The Morgan fingerprint density at radius 1 is 1.12 bits per heavy atom. The van der Waals surface area contributed by atoms with Crippen molar-refractivity contribution in [3.63, 3.8) is 0 Å². The van der Waals surface area contributed by atoms with Crippen molar-refractivity contribution >= 4 is 12.0 Å². The van der Waals surface area contributed by atoms with Crippen molar-refractivity contribution in [1.82, 2.24) is 9.80 Å². The van der Waals surface area contributed by atoms with Gasteiger partial charge in [0.2, 0.25) is 5.91 Å². The van der Waals surface area contributed by atoms with Crippen LogP contribution in [0.1, 0.15) is 33.3 Å². The number of benzene rings is 1. The molecule has 1 aromatic carbocycles. The minimum absolute atomic E-state index is 0.0238. The first-order chi connectivity index (χ1) is 12.4. The highest BCUT2D eigenvalue weighted by atomic mass is 16.5. The standard InChI is InChI=1S/C21H34N2O3/c1-7-22(8-2)13-14-23(16-17(3)4)21(24)12-9-18-15-19(25-5)10-11-20(18)26-6/h9-12,15,17H,7-8,13-14,16H2,1-6H3/b12-9+. The van der Waals surface area contributed by atoms with Crippen LogP contribution in [0.5, 0.6) is 11.5 Å². The normalized spacial score (nSPS) is 11.4. The monoisotopic (exact) mass is 362 g/mol. The van der Waals surface area contributed by atoms with Crippen LogP contribution in [0.2, 0.25) is 0 Å². The maximum atomic E-state index is 12.7. The molecular formula is C21H34N2O3. The van der Waals surface area contributed by atoms with E-state index >= 15 is 0 Å². The Bertz CT molecular complexity index is 581. The van der Waals surface area contributed by atoms with Crippen LogP contribution in [0.4, 0.5) is 0 Å². The maximum Gasteiger partial charge on any atom is 0.246 e. The van der Waals surface area contributed by atoms with Crippen molar-refractivity contribution in [2.24, 2.45) is 5.92 Å². The molecule has 0 saturated heterocycles. The highest BCUT2D eigenvalue weighted by Gasteiger charge is 2.14. The zero-order chi connectivity index (χ0) is 19.5. The molecule has 0 unspecified atom stereocenters. The number of methoxy groups -OCH3 is 2. The molecule has 5 heteroatoms. The van der Waals surface area contributed by atoms with Gasteiger partial charge in [-0.25, -0.2) is 0 Å². The number of rotatable bonds is 11. The first-order valence-corrected chi connectivity index (χ1v) is 9.36. The Hall–Kier alpha value is -2.01. The van der Waals surface area contributed by atoms with Crippen LogP contribution < -0.4 is 9.47 Å². The summed E-state index contributed by atoms with van der Waals surface area (Å²) in [6.45, 7) is 12.9. The third kappa shape index (κ3) is 7.08. The van der Waals surface area contributed by atoms with Gasteiger partial charge in [-0.3, -0.25) is 4.79 Å². The lowest BCUT2D eigenvalue weighted by atomic mass is 10.1. The zero-order valence-electron chi connectivity index (χ0n) is 17.1. The number of carbonyl (C=O) groups excluding carboxylic acids is 1. The number of nitrogens with zero attached hydrogens (tertiary/aromatic N) is 2. The van der Waals surface area contributed by atoms with E-state index in [-0.39, 0.29) is 5.91 Å². The molecule has 0 heterocycles. The average Bonchev–Trinajstić information content (AvgIpc) is 2.65. The number of hydrogen-bond donors (Lipinski definition) is 0. The van der Waals surface area contributed by atoms with Gasteiger partial charge < -0.3 is 19.3 Å². The van der Waals surface area contributed by atoms with Crippen LogP contribution in [0, 0.1) is 5.92 Å². The third-order valence-electron chi connectivity index (χ3n) is 4.32. The van der Waals surface area contributed by atoms with Crippen molar-refractivity contribution in [3.8, 4) is 11.5 Å². The third-order valence-corrected chi connectivity index (χ3v) is 4.32. The Kier molecular flexibility index (Phi) is 9.81. The smallest absolute Gasteiger partial charge is 0.246 e. The predicted octanol–water partition coefficient (Wildman–Crippen LogP) is 3.54. The summed E-state index contributed by atoms with van der Waals surface area (Å²) in [5.41, 5.74) is 0.827. The van der Waals surface area contributed by atoms with Crippen molar-refractivity contribution in [1.29, 1.82) is 0 Å². The SMILES string of the molecule is CCN(CC)CCN(CC(C)C)C(=O)/C=C/c1cc(OC)ccc1OC. The quantitative estimate of drug-likeness (QED) is 0.565. The summed E-state index contributed by atoms with van der Waals surface area (Å²) in [5.74, 6) is 1.90. The summed E-state index contributed by atoms with van der Waals surface area (Å²) < 4.78 is 10.6. The van der Waals surface area contributed by atoms with Crippen LogP contribution >= 0.6 is 0 Å². The first-order valence-electron chi connectivity index (χ1n) is 9.36. The van der Waals surface area contributed by atoms with Gasteiger partial charge >= 0.3 is 0 Å². The molecule has 0 aliphatic carbocycles. The molecular weight excluding hydrogens is 328 g/mol. The molecule has 0 spiro atoms. The molecule has 0 atom stereocenters. The molecule has 0 radical (unpaired) electrons. The van der Waals surface area contributed by atoms with Crippen LogP contribution in [0.15, 0.2) is 24.3 Å². The minimum Gasteiger partial charge on any atom is -0.497 e. The number of likely N-dealkylation sites (N-methyl/N-ethyl adjacent to an activating group) is 1. The fourth-order valence-electron chi connectivity index (χ4n) is 2.77. The van der Waals surface area contributed by atoms with Crippen LogP contribution in [-0.2, 0) is 4.79 Å². The Morgan fingerprint density at radius 2 is 1.81 bits per heavy atom. The van der Waals surface area contributed by atoms with E-state index in [9.17, 15) is 4.79 Å². The van der Waals surface area contributed by atoms with Gasteiger partial charge in [-0.05, 0) is 43.3 Å². The number of carbonyl (C=O) groups is 1. The van der Waals surface area contributed by atoms with Crippen molar-refractivity contribution in [2.75, 3.05) is 46.9 Å². The maximum absolute atomic E-state index is 12.7. The molecule has 0 saturated carbocycles. The number of hydrogen-bond acceptors (Lipinski definition) is 4. The van der Waals surface area contributed by atoms with Crippen LogP contribution in [0.3, 0.4) is 0 Å². The minimum atomic E-state index is 0.0238. The Balaban J connectivity index is 2.89. The van der Waals surface area contributed by atoms with Gasteiger partial charge in [0.25, 0.3) is 0 Å². The second-order valence-corrected chi connectivity index (χ2v) is 6.65. The van der Waals surface area contributed by atoms with Crippen molar-refractivity contribution in [2.45, 2.75) is 27.7 Å². The molecule has 1 rings (SSSR count). The molecule has 0 aliphatic heterocycles. The second-order valence-electron chi connectivity index (χ2n) is 6.65. The summed E-state index contributed by atoms with van der Waals surface area (Å²) in [4.78, 5) is 17.0. The molecule has 26 heavy (non-hydrogen) atoms. The fourth-order valence-corrected chi connectivity index (χ4v) is 2.77. The van der Waals surface area contributed by atoms with E-state index in [1.165, 1.54) is 0 Å². The van der Waals surface area contributed by atoms with E-state index in [0.717, 1.165) is 44.0 Å². The van der Waals surface area contributed by atoms with Gasteiger partial charge in [0.15, 0.2) is 0 Å². The molecule has 1 amide bonds. The van der Waals surface area contributed by atoms with Gasteiger partial charge in [-0.2, -0.15) is 0 Å². The second kappa shape index (κ2) is 11.6. The van der Waals surface area contributed by atoms with Gasteiger partial charge in [-0.1, -0.05) is 27.7 Å². The first kappa shape index (κ1) is 22.0. The molecule has 146 valence electrons. The Labute approximate surface area is 158 Å². The number of ether oxygens (including phenoxy) is 2. The largest absolute Gasteiger partial charge is 0.497 e. The van der Waals surface area contributed by atoms with Crippen molar-refractivity contribution < 1.29 is 14.3 Å². The van der Waals surface area contributed by atoms with E-state index in [0.29, 0.717) is 11.7 Å². The van der Waals surface area contributed by atoms with E-state index in [1.54, 1.807) is 26.4 Å². The summed E-state index contributed by atoms with van der Waals surface area (Å²) >= 11 is 0. The highest BCUT2D eigenvalue weighted by Crippen LogP contribution is 2.25. The summed E-state index contributed by atoms with van der Waals surface area (Å²) in [7, 11) is 3.24. The molecule has 1 aromatic rings. The molecule has 5 nitrogen and oxygen atoms in total. The molecule has 0 N–H and O–H groups in total. The predicted molar refractivity (Wildman–Crippen MR) is 108 cm³/mol. The summed E-state index contributed by atoms with van der Waals surface area (Å²) in [6, 6.07) is 5.55. The van der Waals surface area contributed by atoms with E-state index < -0.39 is 0 Å². The lowest BCUT2D eigenvalue weighted by molar-refractivity contribution is -0.126. The summed E-state index contributed by atoms with van der Waals surface area (Å²) in [6.07, 6.45) is 3.43. The molecule has 0 aliphatic rings. The van der Waals surface area contributed by atoms with Crippen molar-refractivity contribution in [3.05, 3.63) is 29.8 Å².